The van der Waals surface area contributed by atoms with E-state index in [9.17, 15) is 9.59 Å². The zero-order valence-corrected chi connectivity index (χ0v) is 17.6. The highest BCUT2D eigenvalue weighted by atomic mass is 32.1. The maximum atomic E-state index is 12.7. The summed E-state index contributed by atoms with van der Waals surface area (Å²) in [6, 6.07) is 3.80. The summed E-state index contributed by atoms with van der Waals surface area (Å²) in [5.74, 6) is 1.20. The number of aryl methyl sites for hydroxylation is 2. The number of rotatable bonds is 6. The minimum atomic E-state index is -0.0688. The first-order valence-corrected chi connectivity index (χ1v) is 11.1. The third-order valence-corrected chi connectivity index (χ3v) is 6.80. The summed E-state index contributed by atoms with van der Waals surface area (Å²) in [4.78, 5) is 38.8. The summed E-state index contributed by atoms with van der Waals surface area (Å²) in [5, 5.41) is 3.82. The molecule has 0 aliphatic heterocycles. The van der Waals surface area contributed by atoms with E-state index in [-0.39, 0.29) is 23.9 Å². The van der Waals surface area contributed by atoms with Gasteiger partial charge in [-0.3, -0.25) is 14.6 Å². The van der Waals surface area contributed by atoms with Crippen LogP contribution in [0.3, 0.4) is 0 Å². The Balaban J connectivity index is 1.46. The number of hydrogen-bond acceptors (Lipinski definition) is 5. The van der Waals surface area contributed by atoms with Crippen LogP contribution in [0.4, 0.5) is 0 Å². The molecule has 2 atom stereocenters. The minimum absolute atomic E-state index is 0.0361. The van der Waals surface area contributed by atoms with Crippen LogP contribution in [0.2, 0.25) is 0 Å². The average Bonchev–Trinajstić information content (AvgIpc) is 3.08. The first kappa shape index (κ1) is 19.8. The molecule has 2 N–H and O–H groups in total. The largest absolute Gasteiger partial charge is 0.349 e. The van der Waals surface area contributed by atoms with E-state index in [1.54, 1.807) is 23.7 Å². The lowest BCUT2D eigenvalue weighted by Crippen LogP contribution is -2.28. The SMILES string of the molecule is CCC(NC(=O)CCc1nc2sc3c(c2c(=O)[nH]1)CCC(C)C3)c1ccncc1. The molecule has 152 valence electrons. The van der Waals surface area contributed by atoms with Crippen molar-refractivity contribution in [3.05, 3.63) is 56.7 Å². The molecule has 6 nitrogen and oxygen atoms in total. The number of aromatic amines is 1. The average molecular weight is 411 g/mol. The van der Waals surface area contributed by atoms with Crippen LogP contribution >= 0.6 is 11.3 Å². The number of nitrogens with zero attached hydrogens (tertiary/aromatic N) is 2. The number of amides is 1. The third-order valence-electron chi connectivity index (χ3n) is 5.66. The first-order chi connectivity index (χ1) is 14.0. The summed E-state index contributed by atoms with van der Waals surface area (Å²) in [6.45, 7) is 4.29. The lowest BCUT2D eigenvalue weighted by Gasteiger charge is -2.17. The molecule has 0 saturated carbocycles. The Morgan fingerprint density at radius 1 is 1.38 bits per heavy atom. The fraction of sp³-hybridized carbons (Fsp3) is 0.455. The minimum Gasteiger partial charge on any atom is -0.349 e. The van der Waals surface area contributed by atoms with Crippen LogP contribution in [-0.4, -0.2) is 20.9 Å². The van der Waals surface area contributed by atoms with Crippen molar-refractivity contribution in [3.63, 3.8) is 0 Å². The highest BCUT2D eigenvalue weighted by molar-refractivity contribution is 7.18. The predicted molar refractivity (Wildman–Crippen MR) is 115 cm³/mol. The van der Waals surface area contributed by atoms with Crippen molar-refractivity contribution in [2.24, 2.45) is 5.92 Å². The lowest BCUT2D eigenvalue weighted by molar-refractivity contribution is -0.121. The first-order valence-electron chi connectivity index (χ1n) is 10.3. The summed E-state index contributed by atoms with van der Waals surface area (Å²) in [7, 11) is 0. The van der Waals surface area contributed by atoms with Crippen LogP contribution in [0.25, 0.3) is 10.2 Å². The number of aromatic nitrogens is 3. The highest BCUT2D eigenvalue weighted by Crippen LogP contribution is 2.35. The number of H-pyrrole nitrogens is 1. The Morgan fingerprint density at radius 2 is 2.17 bits per heavy atom. The van der Waals surface area contributed by atoms with Crippen molar-refractivity contribution in [1.82, 2.24) is 20.3 Å². The van der Waals surface area contributed by atoms with Crippen molar-refractivity contribution in [3.8, 4) is 0 Å². The van der Waals surface area contributed by atoms with Gasteiger partial charge in [0.2, 0.25) is 5.91 Å². The van der Waals surface area contributed by atoms with E-state index >= 15 is 0 Å². The number of thiophene rings is 1. The van der Waals surface area contributed by atoms with Crippen molar-refractivity contribution >= 4 is 27.5 Å². The molecule has 4 rings (SSSR count). The quantitative estimate of drug-likeness (QED) is 0.648. The molecule has 7 heteroatoms. The molecule has 0 aromatic carbocycles. The number of carbonyl (C=O) groups excluding carboxylic acids is 1. The van der Waals surface area contributed by atoms with E-state index in [1.807, 2.05) is 19.1 Å². The Hall–Kier alpha value is -2.54. The molecular weight excluding hydrogens is 384 g/mol. The Labute approximate surface area is 173 Å². The summed E-state index contributed by atoms with van der Waals surface area (Å²) in [6.07, 6.45) is 8.08. The molecule has 0 saturated heterocycles. The van der Waals surface area contributed by atoms with E-state index in [0.717, 1.165) is 41.5 Å². The van der Waals surface area contributed by atoms with Crippen LogP contribution < -0.4 is 10.9 Å². The van der Waals surface area contributed by atoms with Crippen molar-refractivity contribution in [2.75, 3.05) is 0 Å². The zero-order valence-electron chi connectivity index (χ0n) is 16.8. The molecule has 0 spiro atoms. The Morgan fingerprint density at radius 3 is 2.93 bits per heavy atom. The fourth-order valence-corrected chi connectivity index (χ4v) is 5.43. The van der Waals surface area contributed by atoms with E-state index in [2.05, 4.69) is 27.2 Å². The molecule has 0 radical (unpaired) electrons. The molecular formula is C22H26N4O2S. The molecule has 3 aromatic rings. The van der Waals surface area contributed by atoms with Gasteiger partial charge in [-0.05, 0) is 54.9 Å². The van der Waals surface area contributed by atoms with Gasteiger partial charge in [-0.1, -0.05) is 13.8 Å². The van der Waals surface area contributed by atoms with E-state index in [1.165, 1.54) is 10.4 Å². The topological polar surface area (TPSA) is 87.7 Å². The maximum Gasteiger partial charge on any atom is 0.259 e. The molecule has 0 bridgehead atoms. The lowest BCUT2D eigenvalue weighted by atomic mass is 9.89. The molecule has 1 aliphatic rings. The van der Waals surface area contributed by atoms with Crippen molar-refractivity contribution in [1.29, 1.82) is 0 Å². The number of carbonyl (C=O) groups is 1. The van der Waals surface area contributed by atoms with Crippen molar-refractivity contribution in [2.45, 2.75) is 58.4 Å². The summed E-state index contributed by atoms with van der Waals surface area (Å²) >= 11 is 1.64. The van der Waals surface area contributed by atoms with Gasteiger partial charge in [-0.25, -0.2) is 4.98 Å². The number of nitrogens with one attached hydrogen (secondary N) is 2. The molecule has 1 aliphatic carbocycles. The third kappa shape index (κ3) is 4.24. The number of fused-ring (bicyclic) bond motifs is 3. The zero-order chi connectivity index (χ0) is 20.4. The van der Waals surface area contributed by atoms with Gasteiger partial charge in [0.05, 0.1) is 11.4 Å². The van der Waals surface area contributed by atoms with Crippen LogP contribution in [0, 0.1) is 5.92 Å². The molecule has 1 amide bonds. The van der Waals surface area contributed by atoms with E-state index in [0.29, 0.717) is 18.2 Å². The van der Waals surface area contributed by atoms with Crippen LogP contribution in [0.15, 0.2) is 29.3 Å². The van der Waals surface area contributed by atoms with Gasteiger partial charge < -0.3 is 10.3 Å². The second-order valence-electron chi connectivity index (χ2n) is 7.85. The number of hydrogen-bond donors (Lipinski definition) is 2. The fourth-order valence-electron chi connectivity index (χ4n) is 4.03. The van der Waals surface area contributed by atoms with Gasteiger partial charge in [-0.2, -0.15) is 0 Å². The van der Waals surface area contributed by atoms with Crippen LogP contribution in [0.1, 0.15) is 61.0 Å². The van der Waals surface area contributed by atoms with E-state index in [4.69, 9.17) is 0 Å². The molecule has 29 heavy (non-hydrogen) atoms. The Kier molecular flexibility index (Phi) is 5.76. The van der Waals surface area contributed by atoms with Gasteiger partial charge in [0.15, 0.2) is 0 Å². The van der Waals surface area contributed by atoms with Crippen LogP contribution in [0.5, 0.6) is 0 Å². The molecule has 0 fully saturated rings. The molecule has 3 heterocycles. The molecule has 3 aromatic heterocycles. The van der Waals surface area contributed by atoms with Crippen molar-refractivity contribution < 1.29 is 4.79 Å². The smallest absolute Gasteiger partial charge is 0.259 e. The number of pyridine rings is 1. The highest BCUT2D eigenvalue weighted by Gasteiger charge is 2.23. The van der Waals surface area contributed by atoms with Gasteiger partial charge >= 0.3 is 0 Å². The van der Waals surface area contributed by atoms with Gasteiger partial charge in [0.25, 0.3) is 5.56 Å². The normalized spacial score (nSPS) is 17.1. The molecule has 2 unspecified atom stereocenters. The van der Waals surface area contributed by atoms with Gasteiger partial charge in [0.1, 0.15) is 10.7 Å². The monoisotopic (exact) mass is 410 g/mol. The van der Waals surface area contributed by atoms with E-state index < -0.39 is 0 Å². The van der Waals surface area contributed by atoms with Gasteiger partial charge in [0, 0.05) is 30.1 Å². The van der Waals surface area contributed by atoms with Crippen LogP contribution in [-0.2, 0) is 24.1 Å². The predicted octanol–water partition coefficient (Wildman–Crippen LogP) is 3.70. The standard InChI is InChI=1S/C22H26N4O2S/c1-3-16(14-8-10-23-11-9-14)24-19(27)7-6-18-25-21(28)20-15-5-4-13(2)12-17(15)29-22(20)26-18/h8-11,13,16H,3-7,12H2,1-2H3,(H,24,27)(H,25,26,28). The maximum absolute atomic E-state index is 12.7. The summed E-state index contributed by atoms with van der Waals surface area (Å²) < 4.78 is 0. The summed E-state index contributed by atoms with van der Waals surface area (Å²) in [5.41, 5.74) is 2.16. The van der Waals surface area contributed by atoms with Gasteiger partial charge in [-0.15, -0.1) is 11.3 Å². The second-order valence-corrected chi connectivity index (χ2v) is 8.94. The Bertz CT molecular complexity index is 1070. The second kappa shape index (κ2) is 8.45.